The van der Waals surface area contributed by atoms with E-state index in [4.69, 9.17) is 17.3 Å². The van der Waals surface area contributed by atoms with Crippen molar-refractivity contribution >= 4 is 53.3 Å². The minimum atomic E-state index is -0.402. The standard InChI is InChI=1S/C16H20ClN3O2S.ClH/c1-9-4-10(7-18)8-20(9)15(21)6-14-16(22)19-12-5-11(17)2-3-13(12)23-14;/h2-3,5,9-10,14H,4,6-8,18H2,1H3,(H,19,22);1H. The lowest BCUT2D eigenvalue weighted by Crippen LogP contribution is -2.39. The molecule has 2 aliphatic heterocycles. The molecule has 3 atom stereocenters. The van der Waals surface area contributed by atoms with E-state index in [1.165, 1.54) is 11.8 Å². The second kappa shape index (κ2) is 7.95. The monoisotopic (exact) mass is 389 g/mol. The molecule has 8 heteroatoms. The lowest BCUT2D eigenvalue weighted by atomic mass is 10.1. The maximum atomic E-state index is 12.6. The molecule has 1 saturated heterocycles. The first-order valence-electron chi connectivity index (χ1n) is 7.74. The second-order valence-electron chi connectivity index (χ2n) is 6.17. The van der Waals surface area contributed by atoms with E-state index in [0.29, 0.717) is 29.7 Å². The number of carbonyl (C=O) groups is 2. The van der Waals surface area contributed by atoms with Crippen molar-refractivity contribution in [1.82, 2.24) is 4.90 Å². The Morgan fingerprint density at radius 2 is 2.25 bits per heavy atom. The highest BCUT2D eigenvalue weighted by Crippen LogP contribution is 2.38. The van der Waals surface area contributed by atoms with Crippen LogP contribution in [-0.2, 0) is 9.59 Å². The SMILES string of the molecule is CC1CC(CN)CN1C(=O)CC1Sc2ccc(Cl)cc2NC1=O.Cl. The summed E-state index contributed by atoms with van der Waals surface area (Å²) in [5.41, 5.74) is 6.43. The highest BCUT2D eigenvalue weighted by atomic mass is 35.5. The Labute approximate surface area is 157 Å². The summed E-state index contributed by atoms with van der Waals surface area (Å²) >= 11 is 7.37. The second-order valence-corrected chi connectivity index (χ2v) is 7.85. The van der Waals surface area contributed by atoms with Crippen LogP contribution in [0.4, 0.5) is 5.69 Å². The number of halogens is 2. The lowest BCUT2D eigenvalue weighted by Gasteiger charge is -2.27. The Kier molecular flexibility index (Phi) is 6.42. The molecule has 1 fully saturated rings. The molecule has 0 aromatic heterocycles. The van der Waals surface area contributed by atoms with Gasteiger partial charge >= 0.3 is 0 Å². The van der Waals surface area contributed by atoms with Gasteiger partial charge < -0.3 is 16.0 Å². The van der Waals surface area contributed by atoms with Crippen molar-refractivity contribution in [3.05, 3.63) is 23.2 Å². The molecule has 5 nitrogen and oxygen atoms in total. The number of nitrogens with two attached hydrogens (primary N) is 1. The third kappa shape index (κ3) is 3.99. The van der Waals surface area contributed by atoms with Crippen molar-refractivity contribution in [2.45, 2.75) is 36.0 Å². The van der Waals surface area contributed by atoms with Crippen LogP contribution in [-0.4, -0.2) is 41.1 Å². The lowest BCUT2D eigenvalue weighted by molar-refractivity contribution is -0.133. The average molecular weight is 390 g/mol. The number of thioether (sulfide) groups is 1. The molecule has 132 valence electrons. The van der Waals surface area contributed by atoms with E-state index in [-0.39, 0.29) is 36.7 Å². The van der Waals surface area contributed by atoms with Crippen molar-refractivity contribution in [2.75, 3.05) is 18.4 Å². The number of benzene rings is 1. The van der Waals surface area contributed by atoms with Crippen molar-refractivity contribution in [2.24, 2.45) is 11.7 Å². The molecule has 3 N–H and O–H groups in total. The first kappa shape index (κ1) is 19.4. The van der Waals surface area contributed by atoms with E-state index in [1.807, 2.05) is 17.9 Å². The summed E-state index contributed by atoms with van der Waals surface area (Å²) in [5, 5.41) is 3.02. The van der Waals surface area contributed by atoms with Gasteiger partial charge in [0, 0.05) is 28.9 Å². The average Bonchev–Trinajstić information content (AvgIpc) is 2.89. The third-order valence-electron chi connectivity index (χ3n) is 4.44. The summed E-state index contributed by atoms with van der Waals surface area (Å²) in [6.45, 7) is 3.33. The Bertz CT molecular complexity index is 644. The van der Waals surface area contributed by atoms with Gasteiger partial charge in [-0.15, -0.1) is 24.2 Å². The molecule has 24 heavy (non-hydrogen) atoms. The predicted octanol–water partition coefficient (Wildman–Crippen LogP) is 2.76. The molecular formula is C16H21Cl2N3O2S. The number of hydrogen-bond acceptors (Lipinski definition) is 4. The Morgan fingerprint density at radius 3 is 2.92 bits per heavy atom. The molecule has 3 rings (SSSR count). The van der Waals surface area contributed by atoms with Crippen LogP contribution in [0.15, 0.2) is 23.1 Å². The number of hydrogen-bond donors (Lipinski definition) is 2. The van der Waals surface area contributed by atoms with Gasteiger partial charge in [0.15, 0.2) is 0 Å². The predicted molar refractivity (Wildman–Crippen MR) is 99.9 cm³/mol. The number of nitrogens with zero attached hydrogens (tertiary/aromatic N) is 1. The molecular weight excluding hydrogens is 369 g/mol. The summed E-state index contributed by atoms with van der Waals surface area (Å²) in [7, 11) is 0. The number of nitrogens with one attached hydrogen (secondary N) is 1. The van der Waals surface area contributed by atoms with Gasteiger partial charge in [0.2, 0.25) is 11.8 Å². The van der Waals surface area contributed by atoms with Crippen LogP contribution in [0.2, 0.25) is 5.02 Å². The fourth-order valence-corrected chi connectivity index (χ4v) is 4.45. The molecule has 0 bridgehead atoms. The summed E-state index contributed by atoms with van der Waals surface area (Å²) in [6.07, 6.45) is 1.15. The maximum absolute atomic E-state index is 12.6. The van der Waals surface area contributed by atoms with Gasteiger partial charge in [-0.1, -0.05) is 11.6 Å². The van der Waals surface area contributed by atoms with Crippen LogP contribution in [0.1, 0.15) is 19.8 Å². The zero-order valence-electron chi connectivity index (χ0n) is 13.3. The van der Waals surface area contributed by atoms with Gasteiger partial charge in [-0.3, -0.25) is 9.59 Å². The number of carbonyl (C=O) groups excluding carboxylic acids is 2. The molecule has 0 spiro atoms. The summed E-state index contributed by atoms with van der Waals surface area (Å²) in [5.74, 6) is 0.253. The van der Waals surface area contributed by atoms with Gasteiger partial charge in [0.05, 0.1) is 10.9 Å². The van der Waals surface area contributed by atoms with Gasteiger partial charge in [-0.25, -0.2) is 0 Å². The van der Waals surface area contributed by atoms with Crippen molar-refractivity contribution < 1.29 is 9.59 Å². The fraction of sp³-hybridized carbons (Fsp3) is 0.500. The zero-order chi connectivity index (χ0) is 16.6. The first-order valence-corrected chi connectivity index (χ1v) is 9.00. The van der Waals surface area contributed by atoms with E-state index < -0.39 is 5.25 Å². The van der Waals surface area contributed by atoms with E-state index in [0.717, 1.165) is 11.3 Å². The van der Waals surface area contributed by atoms with Gasteiger partial charge in [0.1, 0.15) is 0 Å². The molecule has 0 radical (unpaired) electrons. The minimum absolute atomic E-state index is 0. The van der Waals surface area contributed by atoms with Gasteiger partial charge in [-0.2, -0.15) is 0 Å². The van der Waals surface area contributed by atoms with E-state index in [9.17, 15) is 9.59 Å². The first-order chi connectivity index (χ1) is 11.0. The number of anilines is 1. The number of rotatable bonds is 3. The van der Waals surface area contributed by atoms with E-state index >= 15 is 0 Å². The van der Waals surface area contributed by atoms with Crippen LogP contribution in [0.5, 0.6) is 0 Å². The van der Waals surface area contributed by atoms with Crippen LogP contribution < -0.4 is 11.1 Å². The Hall–Kier alpha value is -0.950. The summed E-state index contributed by atoms with van der Waals surface area (Å²) in [4.78, 5) is 27.6. The normalized spacial score (nSPS) is 25.7. The van der Waals surface area contributed by atoms with Crippen molar-refractivity contribution in [1.29, 1.82) is 0 Å². The van der Waals surface area contributed by atoms with Crippen molar-refractivity contribution in [3.8, 4) is 0 Å². The van der Waals surface area contributed by atoms with Gasteiger partial charge in [0.25, 0.3) is 0 Å². The van der Waals surface area contributed by atoms with E-state index in [1.54, 1.807) is 12.1 Å². The summed E-state index contributed by atoms with van der Waals surface area (Å²) < 4.78 is 0. The van der Waals surface area contributed by atoms with Crippen molar-refractivity contribution in [3.63, 3.8) is 0 Å². The number of fused-ring (bicyclic) bond motifs is 1. The zero-order valence-corrected chi connectivity index (χ0v) is 15.7. The Balaban J connectivity index is 0.00000208. The highest BCUT2D eigenvalue weighted by Gasteiger charge is 2.35. The minimum Gasteiger partial charge on any atom is -0.340 e. The van der Waals surface area contributed by atoms with Crippen LogP contribution >= 0.6 is 35.8 Å². The van der Waals surface area contributed by atoms with Gasteiger partial charge in [-0.05, 0) is 44.0 Å². The fourth-order valence-electron chi connectivity index (χ4n) is 3.19. The van der Waals surface area contributed by atoms with Crippen LogP contribution in [0.25, 0.3) is 0 Å². The molecule has 3 unspecified atom stereocenters. The number of likely N-dealkylation sites (tertiary alicyclic amines) is 1. The van der Waals surface area contributed by atoms with Crippen LogP contribution in [0, 0.1) is 5.92 Å². The number of amides is 2. The molecule has 1 aromatic rings. The third-order valence-corrected chi connectivity index (χ3v) is 5.95. The Morgan fingerprint density at radius 1 is 1.50 bits per heavy atom. The molecule has 0 aliphatic carbocycles. The quantitative estimate of drug-likeness (QED) is 0.832. The summed E-state index contributed by atoms with van der Waals surface area (Å²) in [6, 6.07) is 5.59. The maximum Gasteiger partial charge on any atom is 0.238 e. The highest BCUT2D eigenvalue weighted by molar-refractivity contribution is 8.01. The van der Waals surface area contributed by atoms with E-state index in [2.05, 4.69) is 5.32 Å². The topological polar surface area (TPSA) is 75.4 Å². The molecule has 0 saturated carbocycles. The molecule has 2 amide bonds. The largest absolute Gasteiger partial charge is 0.340 e. The molecule has 2 aliphatic rings. The van der Waals surface area contributed by atoms with Crippen LogP contribution in [0.3, 0.4) is 0 Å². The molecule has 2 heterocycles. The molecule has 1 aromatic carbocycles. The smallest absolute Gasteiger partial charge is 0.238 e.